The number of rotatable bonds is 6. The fourth-order valence-corrected chi connectivity index (χ4v) is 6.09. The second-order valence-corrected chi connectivity index (χ2v) is 12.6. The zero-order valence-electron chi connectivity index (χ0n) is 25.3. The number of aromatic nitrogens is 4. The highest BCUT2D eigenvalue weighted by atomic mass is 16.6. The van der Waals surface area contributed by atoms with Gasteiger partial charge in [0.1, 0.15) is 34.9 Å². The van der Waals surface area contributed by atoms with Crippen molar-refractivity contribution < 1.29 is 14.3 Å². The van der Waals surface area contributed by atoms with Gasteiger partial charge in [-0.15, -0.1) is 0 Å². The highest BCUT2D eigenvalue weighted by Gasteiger charge is 2.30. The maximum absolute atomic E-state index is 12.4. The lowest BCUT2D eigenvalue weighted by atomic mass is 9.95. The lowest BCUT2D eigenvalue weighted by Crippen LogP contribution is -2.45. The second-order valence-electron chi connectivity index (χ2n) is 12.6. The van der Waals surface area contributed by atoms with Crippen molar-refractivity contribution in [3.05, 3.63) is 60.9 Å². The van der Waals surface area contributed by atoms with Crippen molar-refractivity contribution in [2.75, 3.05) is 38.5 Å². The first kappa shape index (κ1) is 28.9. The smallest absolute Gasteiger partial charge is 0.410 e. The number of likely N-dealkylation sites (tertiary alicyclic amines) is 2. The summed E-state index contributed by atoms with van der Waals surface area (Å²) in [6.45, 7) is 10.3. The van der Waals surface area contributed by atoms with Crippen LogP contribution in [-0.2, 0) is 4.74 Å². The van der Waals surface area contributed by atoms with Gasteiger partial charge < -0.3 is 25.0 Å². The van der Waals surface area contributed by atoms with Crippen LogP contribution in [0.25, 0.3) is 22.3 Å². The maximum Gasteiger partial charge on any atom is 0.410 e. The molecule has 2 fully saturated rings. The minimum Gasteiger partial charge on any atom is -0.457 e. The third-order valence-corrected chi connectivity index (χ3v) is 8.31. The van der Waals surface area contributed by atoms with Gasteiger partial charge >= 0.3 is 6.09 Å². The molecule has 0 atom stereocenters. The Kier molecular flexibility index (Phi) is 8.21. The van der Waals surface area contributed by atoms with Crippen molar-refractivity contribution in [1.82, 2.24) is 29.5 Å². The van der Waals surface area contributed by atoms with Gasteiger partial charge in [0, 0.05) is 38.3 Å². The van der Waals surface area contributed by atoms with E-state index in [1.54, 1.807) is 0 Å². The molecular weight excluding hydrogens is 542 g/mol. The van der Waals surface area contributed by atoms with Crippen molar-refractivity contribution in [3.8, 4) is 22.8 Å². The van der Waals surface area contributed by atoms with E-state index in [0.29, 0.717) is 11.7 Å². The average Bonchev–Trinajstić information content (AvgIpc) is 3.39. The molecule has 226 valence electrons. The molecule has 0 bridgehead atoms. The van der Waals surface area contributed by atoms with E-state index >= 15 is 0 Å². The standard InChI is InChI=1S/C33H41N7O3/c1-33(2,3)43-32(41)39-19-13-23(14-20-39)21-38-17-15-25(16-18-38)40-31-28(30(34)35-22-36-31)29(37-40)24-9-11-27(12-10-24)42-26-7-5-4-6-8-26/h4-12,22-23,25H,13-21H2,1-3H3,(H2,34,35,36). The summed E-state index contributed by atoms with van der Waals surface area (Å²) in [5, 5.41) is 5.86. The first-order valence-electron chi connectivity index (χ1n) is 15.3. The predicted molar refractivity (Wildman–Crippen MR) is 167 cm³/mol. The number of para-hydroxylation sites is 1. The van der Waals surface area contributed by atoms with Crippen LogP contribution < -0.4 is 10.5 Å². The highest BCUT2D eigenvalue weighted by Crippen LogP contribution is 2.35. The van der Waals surface area contributed by atoms with Gasteiger partial charge in [0.05, 0.1) is 11.4 Å². The van der Waals surface area contributed by atoms with Gasteiger partial charge in [0.2, 0.25) is 0 Å². The molecule has 0 radical (unpaired) electrons. The first-order valence-corrected chi connectivity index (χ1v) is 15.3. The number of nitrogens with zero attached hydrogens (tertiary/aromatic N) is 6. The van der Waals surface area contributed by atoms with Crippen LogP contribution >= 0.6 is 0 Å². The molecule has 10 heteroatoms. The van der Waals surface area contributed by atoms with Crippen molar-refractivity contribution in [2.24, 2.45) is 5.92 Å². The number of amides is 1. The molecule has 0 unspecified atom stereocenters. The molecule has 0 spiro atoms. The molecule has 2 aliphatic rings. The molecule has 2 saturated heterocycles. The molecule has 2 aromatic heterocycles. The number of anilines is 1. The van der Waals surface area contributed by atoms with Crippen LogP contribution in [0.2, 0.25) is 0 Å². The van der Waals surface area contributed by atoms with Gasteiger partial charge in [0.25, 0.3) is 0 Å². The van der Waals surface area contributed by atoms with Crippen LogP contribution in [0.1, 0.15) is 52.5 Å². The lowest BCUT2D eigenvalue weighted by Gasteiger charge is -2.38. The third-order valence-electron chi connectivity index (χ3n) is 8.31. The summed E-state index contributed by atoms with van der Waals surface area (Å²) in [5.74, 6) is 2.57. The van der Waals surface area contributed by atoms with Gasteiger partial charge in [-0.25, -0.2) is 19.4 Å². The maximum atomic E-state index is 12.4. The number of piperidine rings is 2. The van der Waals surface area contributed by atoms with Crippen LogP contribution in [0.4, 0.5) is 10.6 Å². The molecule has 2 aliphatic heterocycles. The number of hydrogen-bond donors (Lipinski definition) is 1. The van der Waals surface area contributed by atoms with Gasteiger partial charge in [-0.3, -0.25) is 0 Å². The fraction of sp³-hybridized carbons (Fsp3) is 0.455. The number of benzene rings is 2. The average molecular weight is 584 g/mol. The predicted octanol–water partition coefficient (Wildman–Crippen LogP) is 6.15. The Labute approximate surface area is 252 Å². The Morgan fingerprint density at radius 1 is 0.907 bits per heavy atom. The zero-order chi connectivity index (χ0) is 30.0. The van der Waals surface area contributed by atoms with E-state index in [9.17, 15) is 4.79 Å². The number of ether oxygens (including phenoxy) is 2. The summed E-state index contributed by atoms with van der Waals surface area (Å²) in [6, 6.07) is 17.9. The van der Waals surface area contributed by atoms with Crippen LogP contribution in [0.15, 0.2) is 60.9 Å². The summed E-state index contributed by atoms with van der Waals surface area (Å²) in [5.41, 5.74) is 8.44. The van der Waals surface area contributed by atoms with Crippen molar-refractivity contribution in [2.45, 2.75) is 58.1 Å². The van der Waals surface area contributed by atoms with E-state index in [2.05, 4.69) is 19.5 Å². The third kappa shape index (κ3) is 6.74. The second kappa shape index (κ2) is 12.2. The SMILES string of the molecule is CC(C)(C)OC(=O)N1CCC(CN2CCC(n3nc(-c4ccc(Oc5ccccc5)cc4)c4c(N)ncnc43)CC2)CC1. The Balaban J connectivity index is 1.09. The minimum atomic E-state index is -0.460. The van der Waals surface area contributed by atoms with Gasteiger partial charge in [-0.2, -0.15) is 5.10 Å². The van der Waals surface area contributed by atoms with E-state index in [4.69, 9.17) is 20.3 Å². The number of hydrogen-bond acceptors (Lipinski definition) is 8. The lowest BCUT2D eigenvalue weighted by molar-refractivity contribution is 0.0164. The van der Waals surface area contributed by atoms with Crippen LogP contribution in [0.5, 0.6) is 11.5 Å². The van der Waals surface area contributed by atoms with Crippen molar-refractivity contribution in [3.63, 3.8) is 0 Å². The summed E-state index contributed by atoms with van der Waals surface area (Å²) >= 11 is 0. The van der Waals surface area contributed by atoms with Crippen LogP contribution in [0.3, 0.4) is 0 Å². The van der Waals surface area contributed by atoms with Gasteiger partial charge in [-0.05, 0) is 88.8 Å². The largest absolute Gasteiger partial charge is 0.457 e. The van der Waals surface area contributed by atoms with E-state index in [1.807, 2.05) is 80.3 Å². The van der Waals surface area contributed by atoms with Gasteiger partial charge in [0.15, 0.2) is 5.65 Å². The number of carbonyl (C=O) groups is 1. The summed E-state index contributed by atoms with van der Waals surface area (Å²) in [4.78, 5) is 25.8. The van der Waals surface area contributed by atoms with Gasteiger partial charge in [-0.1, -0.05) is 18.2 Å². The zero-order valence-corrected chi connectivity index (χ0v) is 25.3. The number of nitrogen functional groups attached to an aromatic ring is 1. The van der Waals surface area contributed by atoms with E-state index < -0.39 is 5.60 Å². The quantitative estimate of drug-likeness (QED) is 0.288. The Bertz CT molecular complexity index is 1530. The molecule has 2 N–H and O–H groups in total. The van der Waals surface area contributed by atoms with E-state index in [-0.39, 0.29) is 12.1 Å². The monoisotopic (exact) mass is 583 g/mol. The van der Waals surface area contributed by atoms with E-state index in [1.165, 1.54) is 6.33 Å². The fourth-order valence-electron chi connectivity index (χ4n) is 6.09. The molecule has 1 amide bonds. The Hall–Kier alpha value is -4.18. The van der Waals surface area contributed by atoms with Crippen LogP contribution in [-0.4, -0.2) is 74.0 Å². The van der Waals surface area contributed by atoms with E-state index in [0.717, 1.165) is 92.2 Å². The Morgan fingerprint density at radius 3 is 2.26 bits per heavy atom. The summed E-state index contributed by atoms with van der Waals surface area (Å²) in [7, 11) is 0. The molecule has 4 aromatic rings. The number of carbonyl (C=O) groups excluding carboxylic acids is 1. The summed E-state index contributed by atoms with van der Waals surface area (Å²) in [6.07, 6.45) is 5.32. The van der Waals surface area contributed by atoms with Crippen molar-refractivity contribution >= 4 is 22.9 Å². The molecule has 43 heavy (non-hydrogen) atoms. The molecule has 0 aliphatic carbocycles. The molecule has 10 nitrogen and oxygen atoms in total. The topological polar surface area (TPSA) is 112 Å². The summed E-state index contributed by atoms with van der Waals surface area (Å²) < 4.78 is 13.6. The highest BCUT2D eigenvalue weighted by molar-refractivity contribution is 5.98. The molecule has 0 saturated carbocycles. The normalized spacial score (nSPS) is 17.3. The number of nitrogens with two attached hydrogens (primary N) is 1. The van der Waals surface area contributed by atoms with Crippen LogP contribution in [0, 0.1) is 5.92 Å². The van der Waals surface area contributed by atoms with Crippen molar-refractivity contribution in [1.29, 1.82) is 0 Å². The Morgan fingerprint density at radius 2 is 1.58 bits per heavy atom. The minimum absolute atomic E-state index is 0.196. The first-order chi connectivity index (χ1) is 20.7. The molecule has 4 heterocycles. The molecule has 2 aromatic carbocycles. The number of fused-ring (bicyclic) bond motifs is 1. The molecule has 6 rings (SSSR count). The molecular formula is C33H41N7O3.